The van der Waals surface area contributed by atoms with Gasteiger partial charge in [-0.2, -0.15) is 0 Å². The summed E-state index contributed by atoms with van der Waals surface area (Å²) in [5.41, 5.74) is 8.59. The first-order valence-corrected chi connectivity index (χ1v) is 5.83. The smallest absolute Gasteiger partial charge is 0.225 e. The number of pyridine rings is 1. The first-order valence-electron chi connectivity index (χ1n) is 5.83. The summed E-state index contributed by atoms with van der Waals surface area (Å²) in [7, 11) is 1.97. The highest BCUT2D eigenvalue weighted by Crippen LogP contribution is 2.11. The molecule has 0 atom stereocenters. The van der Waals surface area contributed by atoms with Gasteiger partial charge in [0.2, 0.25) is 5.95 Å². The van der Waals surface area contributed by atoms with Crippen LogP contribution in [0.1, 0.15) is 17.0 Å². The Morgan fingerprint density at radius 3 is 2.61 bits per heavy atom. The van der Waals surface area contributed by atoms with Gasteiger partial charge in [-0.15, -0.1) is 0 Å². The van der Waals surface area contributed by atoms with Crippen molar-refractivity contribution in [2.45, 2.75) is 20.0 Å². The van der Waals surface area contributed by atoms with Crippen LogP contribution in [0.4, 0.5) is 5.95 Å². The van der Waals surface area contributed by atoms with E-state index in [1.54, 1.807) is 12.4 Å². The van der Waals surface area contributed by atoms with Crippen LogP contribution in [0, 0.1) is 6.92 Å². The molecule has 2 heterocycles. The Kier molecular flexibility index (Phi) is 3.84. The maximum atomic E-state index is 5.62. The van der Waals surface area contributed by atoms with Crippen molar-refractivity contribution in [3.05, 3.63) is 47.5 Å². The van der Waals surface area contributed by atoms with Crippen molar-refractivity contribution in [3.63, 3.8) is 0 Å². The van der Waals surface area contributed by atoms with Crippen molar-refractivity contribution >= 4 is 5.95 Å². The van der Waals surface area contributed by atoms with Crippen LogP contribution in [0.15, 0.2) is 30.6 Å². The molecule has 0 unspecified atom stereocenters. The van der Waals surface area contributed by atoms with Crippen molar-refractivity contribution in [3.8, 4) is 0 Å². The topological polar surface area (TPSA) is 67.9 Å². The predicted octanol–water partition coefficient (Wildman–Crippen LogP) is 1.28. The van der Waals surface area contributed by atoms with Crippen molar-refractivity contribution in [1.29, 1.82) is 0 Å². The minimum absolute atomic E-state index is 0.430. The molecule has 0 radical (unpaired) electrons. The fourth-order valence-electron chi connectivity index (χ4n) is 1.72. The molecule has 5 nitrogen and oxygen atoms in total. The molecule has 0 spiro atoms. The lowest BCUT2D eigenvalue weighted by atomic mass is 10.2. The van der Waals surface area contributed by atoms with Crippen LogP contribution in [0.25, 0.3) is 0 Å². The summed E-state index contributed by atoms with van der Waals surface area (Å²) in [5.74, 6) is 0.701. The van der Waals surface area contributed by atoms with Crippen LogP contribution in [0.5, 0.6) is 0 Å². The van der Waals surface area contributed by atoms with Crippen LogP contribution in [0.3, 0.4) is 0 Å². The second-order valence-corrected chi connectivity index (χ2v) is 4.22. The van der Waals surface area contributed by atoms with Gasteiger partial charge in [0.05, 0.1) is 5.69 Å². The monoisotopic (exact) mass is 243 g/mol. The third kappa shape index (κ3) is 3.01. The molecule has 0 aliphatic carbocycles. The summed E-state index contributed by atoms with van der Waals surface area (Å²) >= 11 is 0. The molecule has 0 aromatic carbocycles. The van der Waals surface area contributed by atoms with Crippen molar-refractivity contribution in [2.75, 3.05) is 11.9 Å². The van der Waals surface area contributed by atoms with E-state index in [4.69, 9.17) is 5.73 Å². The summed E-state index contributed by atoms with van der Waals surface area (Å²) in [6, 6.07) is 5.87. The number of hydrogen-bond acceptors (Lipinski definition) is 5. The Morgan fingerprint density at radius 2 is 1.94 bits per heavy atom. The quantitative estimate of drug-likeness (QED) is 0.876. The molecule has 0 aliphatic heterocycles. The van der Waals surface area contributed by atoms with Gasteiger partial charge in [0, 0.05) is 38.2 Å². The third-order valence-corrected chi connectivity index (χ3v) is 2.62. The predicted molar refractivity (Wildman–Crippen MR) is 71.0 cm³/mol. The van der Waals surface area contributed by atoms with Gasteiger partial charge < -0.3 is 10.6 Å². The lowest BCUT2D eigenvalue weighted by Gasteiger charge is -2.18. The highest BCUT2D eigenvalue weighted by molar-refractivity contribution is 5.32. The van der Waals surface area contributed by atoms with E-state index >= 15 is 0 Å². The van der Waals surface area contributed by atoms with Crippen LogP contribution < -0.4 is 10.6 Å². The molecule has 0 saturated heterocycles. The zero-order chi connectivity index (χ0) is 13.0. The van der Waals surface area contributed by atoms with E-state index in [0.717, 1.165) is 17.9 Å². The van der Waals surface area contributed by atoms with Gasteiger partial charge in [0.1, 0.15) is 0 Å². The zero-order valence-electron chi connectivity index (χ0n) is 10.7. The first-order chi connectivity index (χ1) is 8.69. The highest BCUT2D eigenvalue weighted by atomic mass is 15.2. The van der Waals surface area contributed by atoms with Gasteiger partial charge >= 0.3 is 0 Å². The largest absolute Gasteiger partial charge is 0.340 e. The van der Waals surface area contributed by atoms with E-state index in [2.05, 4.69) is 15.0 Å². The van der Waals surface area contributed by atoms with Gasteiger partial charge in [-0.1, -0.05) is 0 Å². The first kappa shape index (κ1) is 12.4. The summed E-state index contributed by atoms with van der Waals surface area (Å²) in [6.07, 6.45) is 3.57. The Hall–Kier alpha value is -2.01. The number of nitrogens with two attached hydrogens (primary N) is 1. The average Bonchev–Trinajstić information content (AvgIpc) is 2.39. The lowest BCUT2D eigenvalue weighted by Crippen LogP contribution is -2.20. The maximum Gasteiger partial charge on any atom is 0.225 e. The maximum absolute atomic E-state index is 5.62. The van der Waals surface area contributed by atoms with E-state index < -0.39 is 0 Å². The zero-order valence-corrected chi connectivity index (χ0v) is 10.7. The molecule has 0 aliphatic rings. The summed E-state index contributed by atoms with van der Waals surface area (Å²) in [6.45, 7) is 3.13. The lowest BCUT2D eigenvalue weighted by molar-refractivity contribution is 0.835. The molecule has 2 rings (SSSR count). The van der Waals surface area contributed by atoms with Crippen LogP contribution >= 0.6 is 0 Å². The molecule has 0 fully saturated rings. The summed E-state index contributed by atoms with van der Waals surface area (Å²) in [4.78, 5) is 14.8. The van der Waals surface area contributed by atoms with Crippen LogP contribution in [-0.4, -0.2) is 22.0 Å². The minimum atomic E-state index is 0.430. The standard InChI is InChI=1S/C13H17N5/c1-10-7-12(8-14)17-13(16-10)18(2)9-11-3-5-15-6-4-11/h3-7H,8-9,14H2,1-2H3. The number of aromatic nitrogens is 3. The molecule has 18 heavy (non-hydrogen) atoms. The SMILES string of the molecule is Cc1cc(CN)nc(N(C)Cc2ccncc2)n1. The van der Waals surface area contributed by atoms with Gasteiger partial charge in [-0.25, -0.2) is 9.97 Å². The normalized spacial score (nSPS) is 10.4. The van der Waals surface area contributed by atoms with Crippen LogP contribution in [-0.2, 0) is 13.1 Å². The molecule has 0 saturated carbocycles. The number of aryl methyl sites for hydroxylation is 1. The number of anilines is 1. The third-order valence-electron chi connectivity index (χ3n) is 2.62. The van der Waals surface area contributed by atoms with E-state index in [1.807, 2.05) is 37.1 Å². The van der Waals surface area contributed by atoms with E-state index in [0.29, 0.717) is 12.5 Å². The highest BCUT2D eigenvalue weighted by Gasteiger charge is 2.07. The number of rotatable bonds is 4. The molecule has 2 N–H and O–H groups in total. The summed E-state index contributed by atoms with van der Waals surface area (Å²) in [5, 5.41) is 0. The van der Waals surface area contributed by atoms with Gasteiger partial charge in [-0.3, -0.25) is 4.98 Å². The summed E-state index contributed by atoms with van der Waals surface area (Å²) < 4.78 is 0. The van der Waals surface area contributed by atoms with Crippen molar-refractivity contribution in [1.82, 2.24) is 15.0 Å². The Labute approximate surface area is 107 Å². The van der Waals surface area contributed by atoms with E-state index in [1.165, 1.54) is 5.56 Å². The molecule has 2 aromatic rings. The molecule has 94 valence electrons. The minimum Gasteiger partial charge on any atom is -0.340 e. The van der Waals surface area contributed by atoms with E-state index in [9.17, 15) is 0 Å². The van der Waals surface area contributed by atoms with Crippen molar-refractivity contribution in [2.24, 2.45) is 5.73 Å². The number of nitrogens with zero attached hydrogens (tertiary/aromatic N) is 4. The number of hydrogen-bond donors (Lipinski definition) is 1. The van der Waals surface area contributed by atoms with Gasteiger partial charge in [0.15, 0.2) is 0 Å². The average molecular weight is 243 g/mol. The molecule has 2 aromatic heterocycles. The molecular formula is C13H17N5. The second kappa shape index (κ2) is 5.55. The molecule has 0 amide bonds. The van der Waals surface area contributed by atoms with Crippen LogP contribution in [0.2, 0.25) is 0 Å². The Bertz CT molecular complexity index is 512. The fraction of sp³-hybridized carbons (Fsp3) is 0.308. The second-order valence-electron chi connectivity index (χ2n) is 4.22. The Balaban J connectivity index is 2.18. The Morgan fingerprint density at radius 1 is 1.22 bits per heavy atom. The van der Waals surface area contributed by atoms with Gasteiger partial charge in [-0.05, 0) is 30.7 Å². The van der Waals surface area contributed by atoms with E-state index in [-0.39, 0.29) is 0 Å². The fourth-order valence-corrected chi connectivity index (χ4v) is 1.72. The van der Waals surface area contributed by atoms with Crippen molar-refractivity contribution < 1.29 is 0 Å². The molecule has 5 heteroatoms. The molecular weight excluding hydrogens is 226 g/mol. The van der Waals surface area contributed by atoms with Gasteiger partial charge in [0.25, 0.3) is 0 Å². The molecule has 0 bridgehead atoms.